The van der Waals surface area contributed by atoms with E-state index in [-0.39, 0.29) is 5.82 Å². The predicted molar refractivity (Wildman–Crippen MR) is 73.8 cm³/mol. The van der Waals surface area contributed by atoms with Gasteiger partial charge in [-0.25, -0.2) is 14.8 Å². The van der Waals surface area contributed by atoms with E-state index in [1.54, 1.807) is 0 Å². The van der Waals surface area contributed by atoms with Gasteiger partial charge in [0.25, 0.3) is 0 Å². The molecule has 0 aliphatic rings. The van der Waals surface area contributed by atoms with E-state index in [1.807, 2.05) is 6.92 Å². The van der Waals surface area contributed by atoms with Crippen LogP contribution < -0.4 is 5.32 Å². The lowest BCUT2D eigenvalue weighted by molar-refractivity contribution is 0.0586. The summed E-state index contributed by atoms with van der Waals surface area (Å²) in [6, 6.07) is 0. The van der Waals surface area contributed by atoms with Gasteiger partial charge in [0.1, 0.15) is 5.82 Å². The summed E-state index contributed by atoms with van der Waals surface area (Å²) >= 11 is 3.48. The van der Waals surface area contributed by atoms with Gasteiger partial charge in [-0.1, -0.05) is 13.8 Å². The molecule has 0 spiro atoms. The number of hydrogen-bond acceptors (Lipinski definition) is 5. The highest BCUT2D eigenvalue weighted by molar-refractivity contribution is 9.10. The molecule has 0 atom stereocenters. The third-order valence-electron chi connectivity index (χ3n) is 2.23. The van der Waals surface area contributed by atoms with Crippen LogP contribution >= 0.6 is 15.9 Å². The van der Waals surface area contributed by atoms with Crippen molar-refractivity contribution in [2.24, 2.45) is 5.92 Å². The van der Waals surface area contributed by atoms with Gasteiger partial charge >= 0.3 is 5.97 Å². The van der Waals surface area contributed by atoms with Crippen molar-refractivity contribution >= 4 is 27.7 Å². The maximum atomic E-state index is 11.5. The number of esters is 1. The molecule has 0 aromatic carbocycles. The number of ether oxygens (including phenoxy) is 1. The van der Waals surface area contributed by atoms with Crippen molar-refractivity contribution in [1.82, 2.24) is 9.97 Å². The average Bonchev–Trinajstić information content (AvgIpc) is 2.32. The lowest BCUT2D eigenvalue weighted by atomic mass is 10.1. The molecule has 0 aliphatic heterocycles. The molecule has 100 valence electrons. The van der Waals surface area contributed by atoms with Crippen LogP contribution in [0, 0.1) is 5.92 Å². The van der Waals surface area contributed by atoms with Crippen LogP contribution in [0.15, 0.2) is 4.47 Å². The van der Waals surface area contributed by atoms with Gasteiger partial charge in [0, 0.05) is 6.54 Å². The molecule has 0 radical (unpaired) electrons. The zero-order valence-electron chi connectivity index (χ0n) is 11.1. The topological polar surface area (TPSA) is 64.1 Å². The second kappa shape index (κ2) is 6.68. The van der Waals surface area contributed by atoms with Crippen LogP contribution in [0.5, 0.6) is 0 Å². The molecular weight excluding hydrogens is 298 g/mol. The van der Waals surface area contributed by atoms with E-state index in [0.29, 0.717) is 11.7 Å². The van der Waals surface area contributed by atoms with Crippen molar-refractivity contribution in [3.63, 3.8) is 0 Å². The van der Waals surface area contributed by atoms with Gasteiger partial charge in [-0.15, -0.1) is 0 Å². The first-order valence-corrected chi connectivity index (χ1v) is 6.67. The van der Waals surface area contributed by atoms with Gasteiger partial charge in [-0.2, -0.15) is 0 Å². The Morgan fingerprint density at radius 1 is 1.44 bits per heavy atom. The Kier molecular flexibility index (Phi) is 5.53. The minimum atomic E-state index is -0.522. The minimum Gasteiger partial charge on any atom is -0.463 e. The Morgan fingerprint density at radius 3 is 2.61 bits per heavy atom. The molecule has 0 bridgehead atoms. The van der Waals surface area contributed by atoms with Gasteiger partial charge < -0.3 is 10.1 Å². The van der Waals surface area contributed by atoms with E-state index in [9.17, 15) is 4.79 Å². The van der Waals surface area contributed by atoms with Crippen molar-refractivity contribution < 1.29 is 9.53 Å². The van der Waals surface area contributed by atoms with E-state index in [2.05, 4.69) is 49.8 Å². The third kappa shape index (κ3) is 3.66. The highest BCUT2D eigenvalue weighted by Crippen LogP contribution is 2.25. The number of anilines is 1. The Balaban J connectivity index is 3.22. The number of nitrogens with zero attached hydrogens (tertiary/aromatic N) is 2. The van der Waals surface area contributed by atoms with Crippen molar-refractivity contribution in [3.05, 3.63) is 16.0 Å². The van der Waals surface area contributed by atoms with Gasteiger partial charge in [-0.3, -0.25) is 0 Å². The number of methoxy groups -OCH3 is 1. The largest absolute Gasteiger partial charge is 0.463 e. The number of halogens is 1. The molecule has 0 unspecified atom stereocenters. The number of aromatic nitrogens is 2. The average molecular weight is 316 g/mol. The normalized spacial score (nSPS) is 10.6. The fourth-order valence-electron chi connectivity index (χ4n) is 1.48. The lowest BCUT2D eigenvalue weighted by Crippen LogP contribution is -2.14. The van der Waals surface area contributed by atoms with Crippen LogP contribution in [-0.2, 0) is 11.2 Å². The molecule has 0 aliphatic carbocycles. The fourth-order valence-corrected chi connectivity index (χ4v) is 1.96. The third-order valence-corrected chi connectivity index (χ3v) is 3.07. The SMILES string of the molecule is CCNc1nc(C(=O)OC)nc(CC(C)C)c1Br. The smallest absolute Gasteiger partial charge is 0.376 e. The van der Waals surface area contributed by atoms with Crippen molar-refractivity contribution in [1.29, 1.82) is 0 Å². The molecule has 1 N–H and O–H groups in total. The first-order valence-electron chi connectivity index (χ1n) is 5.88. The fraction of sp³-hybridized carbons (Fsp3) is 0.583. The zero-order chi connectivity index (χ0) is 13.7. The quantitative estimate of drug-likeness (QED) is 0.846. The van der Waals surface area contributed by atoms with E-state index >= 15 is 0 Å². The molecular formula is C12H18BrN3O2. The monoisotopic (exact) mass is 315 g/mol. The molecule has 0 fully saturated rings. The Morgan fingerprint density at radius 2 is 2.11 bits per heavy atom. The summed E-state index contributed by atoms with van der Waals surface area (Å²) in [6.07, 6.45) is 0.769. The number of nitrogens with one attached hydrogen (secondary N) is 1. The molecule has 0 saturated carbocycles. The van der Waals surface area contributed by atoms with E-state index in [4.69, 9.17) is 0 Å². The maximum absolute atomic E-state index is 11.5. The van der Waals surface area contributed by atoms with Crippen molar-refractivity contribution in [2.45, 2.75) is 27.2 Å². The van der Waals surface area contributed by atoms with E-state index < -0.39 is 5.97 Å². The summed E-state index contributed by atoms with van der Waals surface area (Å²) in [6.45, 7) is 6.88. The molecule has 1 aromatic heterocycles. The Hall–Kier alpha value is -1.17. The first kappa shape index (κ1) is 14.9. The summed E-state index contributed by atoms with van der Waals surface area (Å²) in [4.78, 5) is 19.9. The molecule has 18 heavy (non-hydrogen) atoms. The second-order valence-corrected chi connectivity index (χ2v) is 5.07. The van der Waals surface area contributed by atoms with Gasteiger partial charge in [0.05, 0.1) is 17.3 Å². The van der Waals surface area contributed by atoms with Crippen molar-refractivity contribution in [2.75, 3.05) is 19.0 Å². The minimum absolute atomic E-state index is 0.0901. The summed E-state index contributed by atoms with van der Waals surface area (Å²) in [5.74, 6) is 0.638. The summed E-state index contributed by atoms with van der Waals surface area (Å²) in [5, 5.41) is 3.10. The first-order chi connectivity index (χ1) is 8.49. The molecule has 0 saturated heterocycles. The molecule has 0 amide bonds. The van der Waals surface area contributed by atoms with Crippen LogP contribution in [0.1, 0.15) is 37.1 Å². The van der Waals surface area contributed by atoms with E-state index in [1.165, 1.54) is 7.11 Å². The number of rotatable bonds is 5. The standard InChI is InChI=1S/C12H18BrN3O2/c1-5-14-10-9(13)8(6-7(2)3)15-11(16-10)12(17)18-4/h7H,5-6H2,1-4H3,(H,14,15,16). The van der Waals surface area contributed by atoms with Crippen LogP contribution in [-0.4, -0.2) is 29.6 Å². The summed E-state index contributed by atoms with van der Waals surface area (Å²) in [7, 11) is 1.32. The Labute approximate surface area is 115 Å². The van der Waals surface area contributed by atoms with Gasteiger partial charge in [0.2, 0.25) is 5.82 Å². The van der Waals surface area contributed by atoms with Gasteiger partial charge in [-0.05, 0) is 35.2 Å². The molecule has 1 heterocycles. The van der Waals surface area contributed by atoms with Crippen LogP contribution in [0.2, 0.25) is 0 Å². The zero-order valence-corrected chi connectivity index (χ0v) is 12.7. The van der Waals surface area contributed by atoms with Crippen LogP contribution in [0.4, 0.5) is 5.82 Å². The molecule has 5 nitrogen and oxygen atoms in total. The Bertz CT molecular complexity index is 436. The van der Waals surface area contributed by atoms with Crippen LogP contribution in [0.3, 0.4) is 0 Å². The summed E-state index contributed by atoms with van der Waals surface area (Å²) in [5.41, 5.74) is 0.816. The van der Waals surface area contributed by atoms with E-state index in [0.717, 1.165) is 23.1 Å². The maximum Gasteiger partial charge on any atom is 0.376 e. The molecule has 1 aromatic rings. The molecule has 6 heteroatoms. The second-order valence-electron chi connectivity index (χ2n) is 4.28. The summed E-state index contributed by atoms with van der Waals surface area (Å²) < 4.78 is 5.47. The number of carbonyl (C=O) groups excluding carboxylic acids is 1. The highest BCUT2D eigenvalue weighted by atomic mass is 79.9. The number of hydrogen-bond donors (Lipinski definition) is 1. The van der Waals surface area contributed by atoms with Crippen LogP contribution in [0.25, 0.3) is 0 Å². The molecule has 1 rings (SSSR count). The number of carbonyl (C=O) groups is 1. The highest BCUT2D eigenvalue weighted by Gasteiger charge is 2.17. The van der Waals surface area contributed by atoms with Crippen molar-refractivity contribution in [3.8, 4) is 0 Å². The predicted octanol–water partition coefficient (Wildman–Crippen LogP) is 2.66. The van der Waals surface area contributed by atoms with Gasteiger partial charge in [0.15, 0.2) is 0 Å². The lowest BCUT2D eigenvalue weighted by Gasteiger charge is -2.12.